The summed E-state index contributed by atoms with van der Waals surface area (Å²) in [7, 11) is 0. The molecule has 3 rings (SSSR count). The van der Waals surface area contributed by atoms with Crippen molar-refractivity contribution in [2.45, 2.75) is 24.2 Å². The summed E-state index contributed by atoms with van der Waals surface area (Å²) in [4.78, 5) is 6.51. The molecule has 136 valence electrons. The lowest BCUT2D eigenvalue weighted by Crippen LogP contribution is -2.46. The topological polar surface area (TPSA) is 6.48 Å². The summed E-state index contributed by atoms with van der Waals surface area (Å²) in [6, 6.07) is 19.8. The quantitative estimate of drug-likeness (QED) is 0.497. The molecule has 1 aliphatic heterocycles. The average molecular weight is 377 g/mol. The standard InChI is InChI=1S/C21H28N2S.ClH/c1-24-21-12-7-11-20(18-21)23-16-14-22(15-17-23)13-6-5-10-19-8-3-2-4-9-19;/h2-4,7-9,11-12,18H,5-6,10,13-17H2,1H3;1H. The Morgan fingerprint density at radius 1 is 0.880 bits per heavy atom. The summed E-state index contributed by atoms with van der Waals surface area (Å²) in [5.74, 6) is 0. The molecule has 0 atom stereocenters. The van der Waals surface area contributed by atoms with E-state index in [1.54, 1.807) is 0 Å². The highest BCUT2D eigenvalue weighted by Crippen LogP contribution is 2.23. The van der Waals surface area contributed by atoms with Gasteiger partial charge < -0.3 is 4.90 Å². The molecule has 2 aromatic carbocycles. The molecule has 0 radical (unpaired) electrons. The lowest BCUT2D eigenvalue weighted by atomic mass is 10.1. The Morgan fingerprint density at radius 2 is 1.64 bits per heavy atom. The molecule has 1 heterocycles. The van der Waals surface area contributed by atoms with Gasteiger partial charge in [0.15, 0.2) is 0 Å². The maximum absolute atomic E-state index is 2.62. The summed E-state index contributed by atoms with van der Waals surface area (Å²) < 4.78 is 0. The van der Waals surface area contributed by atoms with Crippen LogP contribution in [0.1, 0.15) is 18.4 Å². The molecule has 0 amide bonds. The Kier molecular flexibility index (Phi) is 8.66. The minimum absolute atomic E-state index is 0. The predicted octanol–water partition coefficient (Wildman–Crippen LogP) is 4.98. The lowest BCUT2D eigenvalue weighted by Gasteiger charge is -2.36. The van der Waals surface area contributed by atoms with Crippen molar-refractivity contribution in [1.82, 2.24) is 4.90 Å². The van der Waals surface area contributed by atoms with E-state index in [0.717, 1.165) is 13.1 Å². The molecule has 0 bridgehead atoms. The Morgan fingerprint density at radius 3 is 2.36 bits per heavy atom. The first kappa shape index (κ1) is 20.2. The Labute approximate surface area is 163 Å². The highest BCUT2D eigenvalue weighted by Gasteiger charge is 2.16. The van der Waals surface area contributed by atoms with Crippen molar-refractivity contribution in [2.24, 2.45) is 0 Å². The van der Waals surface area contributed by atoms with Crippen molar-refractivity contribution in [3.05, 3.63) is 60.2 Å². The number of anilines is 1. The molecular weight excluding hydrogens is 348 g/mol. The zero-order chi connectivity index (χ0) is 16.6. The van der Waals surface area contributed by atoms with Crippen LogP contribution in [0.4, 0.5) is 5.69 Å². The molecule has 25 heavy (non-hydrogen) atoms. The molecule has 0 aromatic heterocycles. The first-order valence-corrected chi connectivity index (χ1v) is 10.2. The van der Waals surface area contributed by atoms with Gasteiger partial charge in [0.25, 0.3) is 0 Å². The predicted molar refractivity (Wildman–Crippen MR) is 114 cm³/mol. The molecular formula is C21H29ClN2S. The average Bonchev–Trinajstić information content (AvgIpc) is 2.66. The molecule has 1 aliphatic rings. The second-order valence-electron chi connectivity index (χ2n) is 6.47. The van der Waals surface area contributed by atoms with E-state index in [4.69, 9.17) is 0 Å². The van der Waals surface area contributed by atoms with Crippen molar-refractivity contribution in [1.29, 1.82) is 0 Å². The Hall–Kier alpha value is -1.16. The number of aryl methyl sites for hydroxylation is 1. The maximum Gasteiger partial charge on any atom is 0.0378 e. The normalized spacial score (nSPS) is 15.0. The number of piperazine rings is 1. The van der Waals surface area contributed by atoms with Crippen molar-refractivity contribution in [2.75, 3.05) is 43.9 Å². The largest absolute Gasteiger partial charge is 0.369 e. The van der Waals surface area contributed by atoms with Gasteiger partial charge in [-0.3, -0.25) is 4.90 Å². The minimum Gasteiger partial charge on any atom is -0.369 e. The molecule has 0 unspecified atom stereocenters. The first-order valence-electron chi connectivity index (χ1n) is 9.00. The van der Waals surface area contributed by atoms with Gasteiger partial charge in [0, 0.05) is 36.8 Å². The lowest BCUT2D eigenvalue weighted by molar-refractivity contribution is 0.253. The fraction of sp³-hybridized carbons (Fsp3) is 0.429. The molecule has 0 saturated carbocycles. The van der Waals surface area contributed by atoms with Crippen molar-refractivity contribution >= 4 is 29.9 Å². The van der Waals surface area contributed by atoms with Gasteiger partial charge in [0.2, 0.25) is 0 Å². The van der Waals surface area contributed by atoms with Crippen LogP contribution in [0.25, 0.3) is 0 Å². The van der Waals surface area contributed by atoms with Gasteiger partial charge in [-0.15, -0.1) is 24.2 Å². The van der Waals surface area contributed by atoms with E-state index in [1.807, 2.05) is 11.8 Å². The fourth-order valence-electron chi connectivity index (χ4n) is 3.35. The highest BCUT2D eigenvalue weighted by atomic mass is 35.5. The van der Waals surface area contributed by atoms with E-state index in [2.05, 4.69) is 70.7 Å². The van der Waals surface area contributed by atoms with Gasteiger partial charge in [0.1, 0.15) is 0 Å². The highest BCUT2D eigenvalue weighted by molar-refractivity contribution is 7.98. The molecule has 2 aromatic rings. The van der Waals surface area contributed by atoms with E-state index in [-0.39, 0.29) is 12.4 Å². The van der Waals surface area contributed by atoms with Crippen molar-refractivity contribution < 1.29 is 0 Å². The van der Waals surface area contributed by atoms with E-state index < -0.39 is 0 Å². The van der Waals surface area contributed by atoms with Crippen LogP contribution in [-0.4, -0.2) is 43.9 Å². The van der Waals surface area contributed by atoms with Crippen LogP contribution in [0.3, 0.4) is 0 Å². The van der Waals surface area contributed by atoms with Crippen LogP contribution >= 0.6 is 24.2 Å². The third-order valence-corrected chi connectivity index (χ3v) is 5.55. The van der Waals surface area contributed by atoms with Crippen LogP contribution in [0.5, 0.6) is 0 Å². The summed E-state index contributed by atoms with van der Waals surface area (Å²) in [5.41, 5.74) is 2.85. The van der Waals surface area contributed by atoms with Crippen LogP contribution in [0.15, 0.2) is 59.5 Å². The number of thioether (sulfide) groups is 1. The number of hydrogen-bond acceptors (Lipinski definition) is 3. The van der Waals surface area contributed by atoms with Gasteiger partial charge in [-0.1, -0.05) is 36.4 Å². The minimum atomic E-state index is 0. The van der Waals surface area contributed by atoms with E-state index in [1.165, 1.54) is 55.0 Å². The third-order valence-electron chi connectivity index (χ3n) is 4.82. The fourth-order valence-corrected chi connectivity index (χ4v) is 3.80. The summed E-state index contributed by atoms with van der Waals surface area (Å²) in [6.07, 6.45) is 5.95. The SMILES string of the molecule is CSc1cccc(N2CCN(CCCCc3ccccc3)CC2)c1.Cl. The van der Waals surface area contributed by atoms with Crippen LogP contribution in [0, 0.1) is 0 Å². The Balaban J connectivity index is 0.00000225. The molecule has 4 heteroatoms. The van der Waals surface area contributed by atoms with E-state index in [0.29, 0.717) is 0 Å². The van der Waals surface area contributed by atoms with Crippen molar-refractivity contribution in [3.63, 3.8) is 0 Å². The monoisotopic (exact) mass is 376 g/mol. The van der Waals surface area contributed by atoms with Crippen LogP contribution in [-0.2, 0) is 6.42 Å². The van der Waals surface area contributed by atoms with Crippen LogP contribution < -0.4 is 4.90 Å². The van der Waals surface area contributed by atoms with Gasteiger partial charge >= 0.3 is 0 Å². The first-order chi connectivity index (χ1) is 11.8. The third kappa shape index (κ3) is 6.25. The van der Waals surface area contributed by atoms with Crippen molar-refractivity contribution in [3.8, 4) is 0 Å². The van der Waals surface area contributed by atoms with Gasteiger partial charge in [-0.25, -0.2) is 0 Å². The van der Waals surface area contributed by atoms with E-state index in [9.17, 15) is 0 Å². The summed E-state index contributed by atoms with van der Waals surface area (Å²) >= 11 is 1.82. The number of rotatable bonds is 7. The molecule has 1 fully saturated rings. The number of benzene rings is 2. The second-order valence-corrected chi connectivity index (χ2v) is 7.35. The molecule has 0 spiro atoms. The zero-order valence-corrected chi connectivity index (χ0v) is 16.7. The second kappa shape index (κ2) is 10.7. The van der Waals surface area contributed by atoms with Gasteiger partial charge in [-0.05, 0) is 55.8 Å². The summed E-state index contributed by atoms with van der Waals surface area (Å²) in [6.45, 7) is 5.92. The van der Waals surface area contributed by atoms with E-state index >= 15 is 0 Å². The molecule has 0 N–H and O–H groups in total. The number of halogens is 1. The maximum atomic E-state index is 2.62. The number of nitrogens with zero attached hydrogens (tertiary/aromatic N) is 2. The molecule has 2 nitrogen and oxygen atoms in total. The summed E-state index contributed by atoms with van der Waals surface area (Å²) in [5, 5.41) is 0. The number of hydrogen-bond donors (Lipinski definition) is 0. The molecule has 1 saturated heterocycles. The molecule has 0 aliphatic carbocycles. The van der Waals surface area contributed by atoms with Gasteiger partial charge in [0.05, 0.1) is 0 Å². The Bertz CT molecular complexity index is 612. The van der Waals surface area contributed by atoms with Gasteiger partial charge in [-0.2, -0.15) is 0 Å². The van der Waals surface area contributed by atoms with Crippen LogP contribution in [0.2, 0.25) is 0 Å². The smallest absolute Gasteiger partial charge is 0.0378 e. The zero-order valence-electron chi connectivity index (χ0n) is 15.1. The number of unbranched alkanes of at least 4 members (excludes halogenated alkanes) is 1.